The number of carbonyl (C=O) groups excluding carboxylic acids is 1. The summed E-state index contributed by atoms with van der Waals surface area (Å²) in [4.78, 5) is 11.5. The topological polar surface area (TPSA) is 43.1 Å². The van der Waals surface area contributed by atoms with Crippen molar-refractivity contribution in [1.82, 2.24) is 0 Å². The number of nitrogens with two attached hydrogens (primary N) is 1. The standard InChI is InChI=1S/C11H17NO/c1-2-3-4-11(13)9-5-7-10(12)8-6-9/h1,9-10H,3-8,12H2. The lowest BCUT2D eigenvalue weighted by atomic mass is 9.83. The zero-order chi connectivity index (χ0) is 9.68. The van der Waals surface area contributed by atoms with E-state index >= 15 is 0 Å². The molecule has 0 aliphatic heterocycles. The van der Waals surface area contributed by atoms with E-state index in [1.165, 1.54) is 0 Å². The highest BCUT2D eigenvalue weighted by atomic mass is 16.1. The molecule has 0 amide bonds. The van der Waals surface area contributed by atoms with E-state index in [2.05, 4.69) is 5.92 Å². The molecule has 0 aromatic rings. The fourth-order valence-corrected chi connectivity index (χ4v) is 1.84. The maximum atomic E-state index is 11.5. The summed E-state index contributed by atoms with van der Waals surface area (Å²) in [5.74, 6) is 3.08. The Morgan fingerprint density at radius 1 is 1.38 bits per heavy atom. The maximum Gasteiger partial charge on any atom is 0.136 e. The molecule has 2 nitrogen and oxygen atoms in total. The first-order valence-electron chi connectivity index (χ1n) is 4.95. The van der Waals surface area contributed by atoms with Crippen LogP contribution < -0.4 is 5.73 Å². The Morgan fingerprint density at radius 2 is 2.00 bits per heavy atom. The van der Waals surface area contributed by atoms with Gasteiger partial charge in [0.1, 0.15) is 5.78 Å². The van der Waals surface area contributed by atoms with Gasteiger partial charge in [-0.05, 0) is 25.7 Å². The molecule has 0 atom stereocenters. The summed E-state index contributed by atoms with van der Waals surface area (Å²) in [5.41, 5.74) is 5.75. The molecule has 1 fully saturated rings. The summed E-state index contributed by atoms with van der Waals surface area (Å²) in [6, 6.07) is 0.316. The Kier molecular flexibility index (Phi) is 3.98. The van der Waals surface area contributed by atoms with Crippen molar-refractivity contribution in [2.45, 2.75) is 44.6 Å². The van der Waals surface area contributed by atoms with Gasteiger partial charge in [0.2, 0.25) is 0 Å². The van der Waals surface area contributed by atoms with Crippen LogP contribution in [0.25, 0.3) is 0 Å². The van der Waals surface area contributed by atoms with Crippen molar-refractivity contribution in [1.29, 1.82) is 0 Å². The Balaban J connectivity index is 2.28. The van der Waals surface area contributed by atoms with E-state index < -0.39 is 0 Å². The number of terminal acetylenes is 1. The Morgan fingerprint density at radius 3 is 2.54 bits per heavy atom. The van der Waals surface area contributed by atoms with Crippen LogP contribution in [0.1, 0.15) is 38.5 Å². The van der Waals surface area contributed by atoms with Crippen molar-refractivity contribution >= 4 is 5.78 Å². The number of carbonyl (C=O) groups is 1. The Bertz CT molecular complexity index is 209. The highest BCUT2D eigenvalue weighted by Crippen LogP contribution is 2.24. The molecule has 0 radical (unpaired) electrons. The van der Waals surface area contributed by atoms with E-state index in [-0.39, 0.29) is 5.92 Å². The molecule has 0 heterocycles. The highest BCUT2D eigenvalue weighted by Gasteiger charge is 2.23. The SMILES string of the molecule is C#CCCC(=O)C1CCC(N)CC1. The molecule has 0 bridgehead atoms. The highest BCUT2D eigenvalue weighted by molar-refractivity contribution is 5.81. The van der Waals surface area contributed by atoms with Crippen LogP contribution in [0.2, 0.25) is 0 Å². The summed E-state index contributed by atoms with van der Waals surface area (Å²) < 4.78 is 0. The second kappa shape index (κ2) is 5.04. The number of ketones is 1. The third-order valence-electron chi connectivity index (χ3n) is 2.74. The van der Waals surface area contributed by atoms with Gasteiger partial charge in [0.25, 0.3) is 0 Å². The second-order valence-electron chi connectivity index (χ2n) is 3.78. The number of hydrogen-bond donors (Lipinski definition) is 1. The van der Waals surface area contributed by atoms with Gasteiger partial charge in [0.15, 0.2) is 0 Å². The molecule has 1 rings (SSSR count). The van der Waals surface area contributed by atoms with Gasteiger partial charge in [-0.3, -0.25) is 4.79 Å². The fraction of sp³-hybridized carbons (Fsp3) is 0.727. The molecule has 72 valence electrons. The van der Waals surface area contributed by atoms with Crippen LogP contribution >= 0.6 is 0 Å². The molecule has 2 heteroatoms. The first-order valence-corrected chi connectivity index (χ1v) is 4.95. The second-order valence-corrected chi connectivity index (χ2v) is 3.78. The molecule has 0 spiro atoms. The first kappa shape index (κ1) is 10.3. The number of Topliss-reactive ketones (excluding diaryl/α,β-unsaturated/α-hetero) is 1. The van der Waals surface area contributed by atoms with Gasteiger partial charge in [0, 0.05) is 24.8 Å². The molecule has 0 unspecified atom stereocenters. The molecule has 0 aromatic carbocycles. The maximum absolute atomic E-state index is 11.5. The van der Waals surface area contributed by atoms with Gasteiger partial charge >= 0.3 is 0 Å². The van der Waals surface area contributed by atoms with Gasteiger partial charge in [-0.15, -0.1) is 12.3 Å². The molecule has 0 saturated heterocycles. The molecule has 1 saturated carbocycles. The van der Waals surface area contributed by atoms with Crippen molar-refractivity contribution in [3.63, 3.8) is 0 Å². The van der Waals surface area contributed by atoms with Gasteiger partial charge in [-0.2, -0.15) is 0 Å². The van der Waals surface area contributed by atoms with Gasteiger partial charge in [0.05, 0.1) is 0 Å². The molecule has 2 N–H and O–H groups in total. The van der Waals surface area contributed by atoms with E-state index in [4.69, 9.17) is 12.2 Å². The zero-order valence-corrected chi connectivity index (χ0v) is 7.96. The first-order chi connectivity index (χ1) is 6.24. The third-order valence-corrected chi connectivity index (χ3v) is 2.74. The summed E-state index contributed by atoms with van der Waals surface area (Å²) in [5, 5.41) is 0. The van der Waals surface area contributed by atoms with Crippen molar-refractivity contribution in [3.8, 4) is 12.3 Å². The third kappa shape index (κ3) is 3.20. The Labute approximate surface area is 79.9 Å². The van der Waals surface area contributed by atoms with E-state index in [1.54, 1.807) is 0 Å². The van der Waals surface area contributed by atoms with E-state index in [1.807, 2.05) is 0 Å². The van der Waals surface area contributed by atoms with E-state index in [0.717, 1.165) is 25.7 Å². The molecule has 1 aliphatic rings. The molecule has 13 heavy (non-hydrogen) atoms. The summed E-state index contributed by atoms with van der Waals surface area (Å²) >= 11 is 0. The van der Waals surface area contributed by atoms with Crippen molar-refractivity contribution < 1.29 is 4.79 Å². The minimum Gasteiger partial charge on any atom is -0.328 e. The van der Waals surface area contributed by atoms with E-state index in [0.29, 0.717) is 24.7 Å². The lowest BCUT2D eigenvalue weighted by Crippen LogP contribution is -2.29. The quantitative estimate of drug-likeness (QED) is 0.667. The van der Waals surface area contributed by atoms with E-state index in [9.17, 15) is 4.79 Å². The summed E-state index contributed by atoms with van der Waals surface area (Å²) in [7, 11) is 0. The largest absolute Gasteiger partial charge is 0.328 e. The van der Waals surface area contributed by atoms with Crippen LogP contribution in [0.5, 0.6) is 0 Å². The molecular weight excluding hydrogens is 162 g/mol. The van der Waals surface area contributed by atoms with Crippen molar-refractivity contribution in [2.75, 3.05) is 0 Å². The van der Waals surface area contributed by atoms with Crippen LogP contribution in [0, 0.1) is 18.3 Å². The van der Waals surface area contributed by atoms with Crippen LogP contribution in [0.4, 0.5) is 0 Å². The smallest absolute Gasteiger partial charge is 0.136 e. The molecule has 0 aromatic heterocycles. The van der Waals surface area contributed by atoms with Gasteiger partial charge in [-0.1, -0.05) is 0 Å². The predicted molar refractivity (Wildman–Crippen MR) is 53.0 cm³/mol. The molecule has 1 aliphatic carbocycles. The minimum atomic E-state index is 0.244. The zero-order valence-electron chi connectivity index (χ0n) is 7.96. The van der Waals surface area contributed by atoms with Crippen LogP contribution in [-0.4, -0.2) is 11.8 Å². The number of hydrogen-bond acceptors (Lipinski definition) is 2. The van der Waals surface area contributed by atoms with Crippen molar-refractivity contribution in [2.24, 2.45) is 11.7 Å². The fourth-order valence-electron chi connectivity index (χ4n) is 1.84. The molecular formula is C11H17NO. The van der Waals surface area contributed by atoms with Gasteiger partial charge < -0.3 is 5.73 Å². The Hall–Kier alpha value is -0.810. The monoisotopic (exact) mass is 179 g/mol. The number of rotatable bonds is 3. The van der Waals surface area contributed by atoms with Crippen molar-refractivity contribution in [3.05, 3.63) is 0 Å². The normalized spacial score (nSPS) is 28.0. The van der Waals surface area contributed by atoms with Gasteiger partial charge in [-0.25, -0.2) is 0 Å². The average Bonchev–Trinajstić information content (AvgIpc) is 2.15. The lowest BCUT2D eigenvalue weighted by Gasteiger charge is -2.24. The van der Waals surface area contributed by atoms with Crippen LogP contribution in [-0.2, 0) is 4.79 Å². The predicted octanol–water partition coefficient (Wildman–Crippen LogP) is 1.49. The minimum absolute atomic E-state index is 0.244. The van der Waals surface area contributed by atoms with Crippen LogP contribution in [0.3, 0.4) is 0 Å². The summed E-state index contributed by atoms with van der Waals surface area (Å²) in [6.45, 7) is 0. The lowest BCUT2D eigenvalue weighted by molar-refractivity contribution is -0.123. The average molecular weight is 179 g/mol. The summed E-state index contributed by atoms with van der Waals surface area (Å²) in [6.07, 6.45) is 10.2. The van der Waals surface area contributed by atoms with Crippen LogP contribution in [0.15, 0.2) is 0 Å².